The molecular weight excluding hydrogens is 589 g/mol. The Kier molecular flexibility index (Phi) is 5.13. The number of anilines is 2. The van der Waals surface area contributed by atoms with E-state index in [2.05, 4.69) is 172 Å². The van der Waals surface area contributed by atoms with Crippen molar-refractivity contribution in [3.63, 3.8) is 0 Å². The smallest absolute Gasteiger partial charge is 0.332 e. The number of rotatable bonds is 2. The van der Waals surface area contributed by atoms with Crippen LogP contribution in [0.15, 0.2) is 168 Å². The van der Waals surface area contributed by atoms with Crippen molar-refractivity contribution >= 4 is 84.5 Å². The molecule has 5 heteroatoms. The maximum atomic E-state index is 2.67. The van der Waals surface area contributed by atoms with Crippen LogP contribution in [0.2, 0.25) is 0 Å². The first-order valence-corrected chi connectivity index (χ1v) is 17.0. The van der Waals surface area contributed by atoms with Crippen LogP contribution in [0.1, 0.15) is 0 Å². The third-order valence-electron chi connectivity index (χ3n) is 10.1. The number of aromatic nitrogens is 2. The Bertz CT molecular complexity index is 2740. The fourth-order valence-electron chi connectivity index (χ4n) is 8.33. The zero-order valence-electron chi connectivity index (χ0n) is 25.3. The summed E-state index contributed by atoms with van der Waals surface area (Å²) in [6, 6.07) is 58.1. The van der Waals surface area contributed by atoms with Gasteiger partial charge >= 0.3 is 6.85 Å². The van der Waals surface area contributed by atoms with Crippen molar-refractivity contribution in [2.75, 3.05) is 4.81 Å². The minimum absolute atomic E-state index is 0.0306. The molecule has 47 heavy (non-hydrogen) atoms. The SMILES string of the molecule is c1ccc(-n2c3ccccc3c3c4c(ccc32)Sc2ccccc2N4B2c3ccccc3-n3c4ccccc4c4cccc2c43)cc1. The van der Waals surface area contributed by atoms with Gasteiger partial charge in [0.15, 0.2) is 0 Å². The topological polar surface area (TPSA) is 13.1 Å². The van der Waals surface area contributed by atoms with Crippen molar-refractivity contribution in [1.29, 1.82) is 0 Å². The lowest BCUT2D eigenvalue weighted by atomic mass is 9.46. The van der Waals surface area contributed by atoms with Crippen molar-refractivity contribution in [1.82, 2.24) is 9.13 Å². The van der Waals surface area contributed by atoms with Crippen LogP contribution in [-0.4, -0.2) is 16.0 Å². The number of nitrogens with zero attached hydrogens (tertiary/aromatic N) is 3. The number of hydrogen-bond donors (Lipinski definition) is 0. The summed E-state index contributed by atoms with van der Waals surface area (Å²) in [6.07, 6.45) is 0. The number of benzene rings is 7. The Balaban J connectivity index is 1.30. The monoisotopic (exact) mass is 615 g/mol. The van der Waals surface area contributed by atoms with Gasteiger partial charge < -0.3 is 13.9 Å². The summed E-state index contributed by atoms with van der Waals surface area (Å²) in [4.78, 5) is 5.23. The van der Waals surface area contributed by atoms with E-state index in [-0.39, 0.29) is 6.85 Å². The Hall–Kier alpha value is -5.65. The molecule has 0 saturated heterocycles. The van der Waals surface area contributed by atoms with Crippen molar-refractivity contribution in [2.45, 2.75) is 9.79 Å². The zero-order chi connectivity index (χ0) is 30.6. The van der Waals surface area contributed by atoms with Crippen molar-refractivity contribution in [2.24, 2.45) is 0 Å². The molecule has 2 aliphatic rings. The predicted octanol–water partition coefficient (Wildman–Crippen LogP) is 9.60. The van der Waals surface area contributed by atoms with Gasteiger partial charge in [-0.1, -0.05) is 115 Å². The first-order valence-electron chi connectivity index (χ1n) is 16.2. The highest BCUT2D eigenvalue weighted by Crippen LogP contribution is 2.53. The van der Waals surface area contributed by atoms with E-state index < -0.39 is 0 Å². The van der Waals surface area contributed by atoms with Gasteiger partial charge in [-0.05, 0) is 65.5 Å². The third kappa shape index (κ3) is 3.34. The van der Waals surface area contributed by atoms with E-state index in [1.54, 1.807) is 0 Å². The Morgan fingerprint density at radius 3 is 1.96 bits per heavy atom. The molecular formula is C42H26BN3S. The first kappa shape index (κ1) is 25.5. The normalized spacial score (nSPS) is 13.4. The highest BCUT2D eigenvalue weighted by Gasteiger charge is 2.41. The summed E-state index contributed by atoms with van der Waals surface area (Å²) >= 11 is 1.89. The van der Waals surface area contributed by atoms with Gasteiger partial charge in [-0.25, -0.2) is 0 Å². The predicted molar refractivity (Wildman–Crippen MR) is 199 cm³/mol. The molecule has 0 bridgehead atoms. The fraction of sp³-hybridized carbons (Fsp3) is 0. The Morgan fingerprint density at radius 1 is 0.426 bits per heavy atom. The second-order valence-electron chi connectivity index (χ2n) is 12.5. The van der Waals surface area contributed by atoms with Crippen LogP contribution in [0.5, 0.6) is 0 Å². The molecule has 0 saturated carbocycles. The largest absolute Gasteiger partial charge is 0.374 e. The van der Waals surface area contributed by atoms with Gasteiger partial charge in [0.25, 0.3) is 0 Å². The standard InChI is InChI=1S/C42H26BN3S/c1-2-13-27(14-3-1)44-34-21-8-5-16-30(34)40-37(44)25-26-39-42(40)46(36-23-10-11-24-38(36)47-39)43-31-18-6-9-22-35(31)45-33-20-7-4-15-28(33)29-17-12-19-32(43)41(29)45/h1-26H. The molecule has 3 nitrogen and oxygen atoms in total. The van der Waals surface area contributed by atoms with E-state index in [1.165, 1.54) is 87.1 Å². The maximum Gasteiger partial charge on any atom is 0.332 e. The lowest BCUT2D eigenvalue weighted by Crippen LogP contribution is -2.58. The highest BCUT2D eigenvalue weighted by molar-refractivity contribution is 7.99. The van der Waals surface area contributed by atoms with Crippen LogP contribution in [-0.2, 0) is 0 Å². The molecule has 0 unspecified atom stereocenters. The molecule has 2 aliphatic heterocycles. The van der Waals surface area contributed by atoms with Gasteiger partial charge in [0.1, 0.15) is 0 Å². The van der Waals surface area contributed by atoms with E-state index in [0.29, 0.717) is 0 Å². The highest BCUT2D eigenvalue weighted by atomic mass is 32.2. The van der Waals surface area contributed by atoms with Gasteiger partial charge in [-0.2, -0.15) is 0 Å². The molecule has 0 spiro atoms. The summed E-state index contributed by atoms with van der Waals surface area (Å²) in [5, 5.41) is 5.16. The number of hydrogen-bond acceptors (Lipinski definition) is 2. The molecule has 2 aromatic heterocycles. The van der Waals surface area contributed by atoms with E-state index in [4.69, 9.17) is 0 Å². The Labute approximate surface area is 276 Å². The average molecular weight is 616 g/mol. The summed E-state index contributed by atoms with van der Waals surface area (Å²) < 4.78 is 4.93. The molecule has 218 valence electrons. The summed E-state index contributed by atoms with van der Waals surface area (Å²) in [7, 11) is 0. The minimum atomic E-state index is -0.0306. The van der Waals surface area contributed by atoms with E-state index in [9.17, 15) is 0 Å². The van der Waals surface area contributed by atoms with Crippen LogP contribution >= 0.6 is 11.8 Å². The number of fused-ring (bicyclic) bond motifs is 11. The van der Waals surface area contributed by atoms with Crippen LogP contribution in [0, 0.1) is 0 Å². The molecule has 9 aromatic rings. The van der Waals surface area contributed by atoms with Crippen LogP contribution in [0.3, 0.4) is 0 Å². The van der Waals surface area contributed by atoms with E-state index in [1.807, 2.05) is 11.8 Å². The van der Waals surface area contributed by atoms with Crippen molar-refractivity contribution < 1.29 is 0 Å². The zero-order valence-corrected chi connectivity index (χ0v) is 26.2. The minimum Gasteiger partial charge on any atom is -0.374 e. The summed E-state index contributed by atoms with van der Waals surface area (Å²) in [5.74, 6) is 0. The van der Waals surface area contributed by atoms with Crippen LogP contribution < -0.4 is 15.7 Å². The lowest BCUT2D eigenvalue weighted by Gasteiger charge is -2.40. The van der Waals surface area contributed by atoms with Gasteiger partial charge in [0.2, 0.25) is 0 Å². The molecule has 0 radical (unpaired) electrons. The molecule has 11 rings (SSSR count). The molecule has 0 fully saturated rings. The molecule has 7 aromatic carbocycles. The van der Waals surface area contributed by atoms with Crippen LogP contribution in [0.4, 0.5) is 11.4 Å². The van der Waals surface area contributed by atoms with Crippen molar-refractivity contribution in [3.05, 3.63) is 158 Å². The molecule has 0 aliphatic carbocycles. The molecule has 0 atom stereocenters. The van der Waals surface area contributed by atoms with E-state index in [0.717, 1.165) is 0 Å². The van der Waals surface area contributed by atoms with Gasteiger partial charge in [-0.3, -0.25) is 0 Å². The quantitative estimate of drug-likeness (QED) is 0.180. The average Bonchev–Trinajstić information content (AvgIpc) is 3.66. The second-order valence-corrected chi connectivity index (χ2v) is 13.6. The van der Waals surface area contributed by atoms with Crippen LogP contribution in [0.25, 0.3) is 55.0 Å². The van der Waals surface area contributed by atoms with Crippen molar-refractivity contribution in [3.8, 4) is 11.4 Å². The van der Waals surface area contributed by atoms with Gasteiger partial charge in [0.05, 0.1) is 27.8 Å². The molecule has 0 N–H and O–H groups in total. The van der Waals surface area contributed by atoms with Gasteiger partial charge in [0, 0.05) is 48.4 Å². The third-order valence-corrected chi connectivity index (χ3v) is 11.2. The molecule has 4 heterocycles. The Morgan fingerprint density at radius 2 is 1.09 bits per heavy atom. The number of para-hydroxylation sites is 6. The lowest BCUT2D eigenvalue weighted by molar-refractivity contribution is 1.17. The molecule has 0 amide bonds. The summed E-state index contributed by atoms with van der Waals surface area (Å²) in [5.41, 5.74) is 12.6. The maximum absolute atomic E-state index is 2.67. The summed E-state index contributed by atoms with van der Waals surface area (Å²) in [6.45, 7) is -0.0306. The first-order chi connectivity index (χ1) is 23.4. The second kappa shape index (κ2) is 9.44. The fourth-order valence-corrected chi connectivity index (χ4v) is 9.42. The van der Waals surface area contributed by atoms with E-state index >= 15 is 0 Å². The van der Waals surface area contributed by atoms with Gasteiger partial charge in [-0.15, -0.1) is 0 Å².